The number of rotatable bonds is 10. The number of hydrogen-bond donors (Lipinski definition) is 2. The van der Waals surface area contributed by atoms with Gasteiger partial charge in [0.25, 0.3) is 10.0 Å². The van der Waals surface area contributed by atoms with Crippen LogP contribution in [0.25, 0.3) is 22.4 Å². The number of nitriles is 1. The fraction of sp³-hybridized carbons (Fsp3) is 0.0938. The molecule has 44 heavy (non-hydrogen) atoms. The van der Waals surface area contributed by atoms with E-state index in [1.165, 1.54) is 30.5 Å². The minimum absolute atomic E-state index is 0.0124. The van der Waals surface area contributed by atoms with E-state index < -0.39 is 10.0 Å². The van der Waals surface area contributed by atoms with Crippen LogP contribution in [0.5, 0.6) is 5.75 Å². The molecule has 2 N–H and O–H groups in total. The summed E-state index contributed by atoms with van der Waals surface area (Å²) < 4.78 is 33.1. The topological polar surface area (TPSA) is 147 Å². The van der Waals surface area contributed by atoms with Crippen LogP contribution in [-0.4, -0.2) is 42.1 Å². The van der Waals surface area contributed by atoms with Crippen LogP contribution in [0.4, 0.5) is 11.6 Å². The van der Waals surface area contributed by atoms with Gasteiger partial charge in [-0.1, -0.05) is 54.2 Å². The number of aryl methyl sites for hydroxylation is 1. The maximum Gasteiger partial charge on any atom is 0.264 e. The van der Waals surface area contributed by atoms with Crippen molar-refractivity contribution in [1.82, 2.24) is 15.0 Å². The molecule has 5 rings (SSSR count). The molecule has 0 aliphatic heterocycles. The summed E-state index contributed by atoms with van der Waals surface area (Å²) in [5, 5.41) is 13.3. The number of nitrogens with one attached hydrogen (secondary N) is 2. The van der Waals surface area contributed by atoms with E-state index >= 15 is 0 Å². The molecular formula is C32H26N6O4S2. The first-order valence-electron chi connectivity index (χ1n) is 13.3. The smallest absolute Gasteiger partial charge is 0.264 e. The molecule has 12 heteroatoms. The predicted molar refractivity (Wildman–Crippen MR) is 170 cm³/mol. The van der Waals surface area contributed by atoms with Crippen molar-refractivity contribution < 1.29 is 17.9 Å². The van der Waals surface area contributed by atoms with Crippen LogP contribution in [0.3, 0.4) is 0 Å². The van der Waals surface area contributed by atoms with Gasteiger partial charge in [-0.05, 0) is 61.0 Å². The van der Waals surface area contributed by atoms with Crippen LogP contribution < -0.4 is 14.8 Å². The lowest BCUT2D eigenvalue weighted by Crippen LogP contribution is -2.16. The maximum absolute atomic E-state index is 12.9. The van der Waals surface area contributed by atoms with Crippen LogP contribution in [0.1, 0.15) is 11.3 Å². The summed E-state index contributed by atoms with van der Waals surface area (Å²) in [5.41, 5.74) is 4.42. The van der Waals surface area contributed by atoms with Gasteiger partial charge in [0.05, 0.1) is 29.0 Å². The number of aromatic nitrogens is 3. The Hall–Kier alpha value is -5.25. The third-order valence-electron chi connectivity index (χ3n) is 6.38. The lowest BCUT2D eigenvalue weighted by atomic mass is 9.99. The second kappa shape index (κ2) is 13.4. The zero-order valence-corrected chi connectivity index (χ0v) is 25.3. The van der Waals surface area contributed by atoms with Crippen molar-refractivity contribution in [2.45, 2.75) is 16.8 Å². The van der Waals surface area contributed by atoms with Gasteiger partial charge in [0.1, 0.15) is 16.8 Å². The van der Waals surface area contributed by atoms with Crippen LogP contribution in [0.15, 0.2) is 107 Å². The van der Waals surface area contributed by atoms with E-state index in [2.05, 4.69) is 26.1 Å². The summed E-state index contributed by atoms with van der Waals surface area (Å²) in [7, 11) is -2.34. The number of nitrogens with zero attached hydrogens (tertiary/aromatic N) is 4. The summed E-state index contributed by atoms with van der Waals surface area (Å²) in [4.78, 5) is 25.6. The number of ether oxygens (including phenoxy) is 1. The van der Waals surface area contributed by atoms with Crippen LogP contribution in [0, 0.1) is 18.3 Å². The Balaban J connectivity index is 1.33. The summed E-state index contributed by atoms with van der Waals surface area (Å²) in [6, 6.07) is 28.5. The van der Waals surface area contributed by atoms with Gasteiger partial charge in [0.2, 0.25) is 11.9 Å². The van der Waals surface area contributed by atoms with Gasteiger partial charge < -0.3 is 10.1 Å². The molecule has 0 atom stereocenters. The van der Waals surface area contributed by atoms with Crippen molar-refractivity contribution in [3.05, 3.63) is 108 Å². The molecule has 0 bridgehead atoms. The number of benzene rings is 3. The molecule has 5 aromatic rings. The first-order chi connectivity index (χ1) is 21.3. The van der Waals surface area contributed by atoms with Crippen molar-refractivity contribution in [3.8, 4) is 34.2 Å². The molecule has 0 aliphatic carbocycles. The molecule has 0 radical (unpaired) electrons. The summed E-state index contributed by atoms with van der Waals surface area (Å²) in [5.74, 6) is 0.279. The van der Waals surface area contributed by atoms with Gasteiger partial charge in [-0.25, -0.2) is 28.1 Å². The van der Waals surface area contributed by atoms with E-state index in [0.29, 0.717) is 39.0 Å². The normalized spacial score (nSPS) is 10.9. The molecule has 0 saturated heterocycles. The lowest BCUT2D eigenvalue weighted by molar-refractivity contribution is -0.113. The molecule has 2 aromatic heterocycles. The highest BCUT2D eigenvalue weighted by molar-refractivity contribution is 8.00. The average molecular weight is 623 g/mol. The number of anilines is 2. The van der Waals surface area contributed by atoms with Gasteiger partial charge in [-0.2, -0.15) is 5.26 Å². The number of sulfonamides is 1. The number of carbonyl (C=O) groups excluding carboxylic acids is 1. The number of methoxy groups -OCH3 is 1. The second-order valence-corrected chi connectivity index (χ2v) is 12.1. The SMILES string of the molecule is COc1ccc(-c2cc(-c3ccccc3)nc(SCC(=O)Nc3ccc(S(=O)(=O)Nc4nccc(C)n4)cc3)c2C#N)cc1. The maximum atomic E-state index is 12.9. The minimum atomic E-state index is -3.93. The largest absolute Gasteiger partial charge is 0.497 e. The number of carbonyl (C=O) groups is 1. The summed E-state index contributed by atoms with van der Waals surface area (Å²) in [6.45, 7) is 1.73. The van der Waals surface area contributed by atoms with Gasteiger partial charge >= 0.3 is 0 Å². The Labute approximate surface area is 259 Å². The molecule has 2 heterocycles. The van der Waals surface area contributed by atoms with Crippen LogP contribution in [-0.2, 0) is 14.8 Å². The molecule has 0 aliphatic rings. The zero-order valence-electron chi connectivity index (χ0n) is 23.7. The van der Waals surface area contributed by atoms with E-state index in [1.54, 1.807) is 20.1 Å². The van der Waals surface area contributed by atoms with E-state index in [0.717, 1.165) is 22.9 Å². The quantitative estimate of drug-likeness (QED) is 0.181. The highest BCUT2D eigenvalue weighted by Crippen LogP contribution is 2.35. The predicted octanol–water partition coefficient (Wildman–Crippen LogP) is 5.93. The van der Waals surface area contributed by atoms with Crippen LogP contribution >= 0.6 is 11.8 Å². The number of amides is 1. The highest BCUT2D eigenvalue weighted by atomic mass is 32.2. The fourth-order valence-electron chi connectivity index (χ4n) is 4.21. The highest BCUT2D eigenvalue weighted by Gasteiger charge is 2.19. The Kier molecular flexibility index (Phi) is 9.18. The van der Waals surface area contributed by atoms with Gasteiger partial charge in [0.15, 0.2) is 0 Å². The Morgan fingerprint density at radius 1 is 0.955 bits per heavy atom. The third kappa shape index (κ3) is 7.20. The Morgan fingerprint density at radius 2 is 1.68 bits per heavy atom. The Bertz CT molecular complexity index is 1940. The molecule has 10 nitrogen and oxygen atoms in total. The molecule has 0 saturated carbocycles. The Morgan fingerprint density at radius 3 is 2.34 bits per heavy atom. The van der Waals surface area contributed by atoms with Gasteiger partial charge in [-0.3, -0.25) is 4.79 Å². The first-order valence-corrected chi connectivity index (χ1v) is 15.7. The lowest BCUT2D eigenvalue weighted by Gasteiger charge is -2.13. The van der Waals surface area contributed by atoms with Gasteiger partial charge in [-0.15, -0.1) is 0 Å². The third-order valence-corrected chi connectivity index (χ3v) is 8.70. The van der Waals surface area contributed by atoms with E-state index in [-0.39, 0.29) is 22.5 Å². The molecule has 1 amide bonds. The van der Waals surface area contributed by atoms with Crippen molar-refractivity contribution >= 4 is 39.3 Å². The summed E-state index contributed by atoms with van der Waals surface area (Å²) >= 11 is 1.14. The fourth-order valence-corrected chi connectivity index (χ4v) is 5.97. The number of pyridine rings is 1. The zero-order chi connectivity index (χ0) is 31.1. The monoisotopic (exact) mass is 622 g/mol. The van der Waals surface area contributed by atoms with Crippen molar-refractivity contribution in [1.29, 1.82) is 5.26 Å². The molecule has 0 fully saturated rings. The molecule has 220 valence electrons. The number of thioether (sulfide) groups is 1. The van der Waals surface area contributed by atoms with E-state index in [9.17, 15) is 18.5 Å². The standard InChI is InChI=1S/C32H26N6O4S2/c1-21-16-17-34-32(35-21)38-44(40,41)26-14-10-24(11-15-26)36-30(39)20-43-31-28(19-33)27(22-8-12-25(42-2)13-9-22)18-29(37-31)23-6-4-3-5-7-23/h3-18H,20H2,1-2H3,(H,36,39)(H,34,35,38). The minimum Gasteiger partial charge on any atom is -0.497 e. The van der Waals surface area contributed by atoms with Crippen molar-refractivity contribution in [2.75, 3.05) is 22.9 Å². The van der Waals surface area contributed by atoms with E-state index in [1.807, 2.05) is 60.7 Å². The second-order valence-electron chi connectivity index (χ2n) is 9.43. The summed E-state index contributed by atoms with van der Waals surface area (Å²) in [6.07, 6.45) is 1.46. The molecular weight excluding hydrogens is 597 g/mol. The van der Waals surface area contributed by atoms with Crippen molar-refractivity contribution in [2.24, 2.45) is 0 Å². The van der Waals surface area contributed by atoms with E-state index in [4.69, 9.17) is 9.72 Å². The number of hydrogen-bond acceptors (Lipinski definition) is 9. The molecule has 0 spiro atoms. The first kappa shape index (κ1) is 30.2. The molecule has 3 aromatic carbocycles. The van der Waals surface area contributed by atoms with Crippen LogP contribution in [0.2, 0.25) is 0 Å². The molecule has 0 unspecified atom stereocenters. The average Bonchev–Trinajstić information content (AvgIpc) is 3.04. The van der Waals surface area contributed by atoms with Crippen molar-refractivity contribution in [3.63, 3.8) is 0 Å². The van der Waals surface area contributed by atoms with Gasteiger partial charge in [0, 0.05) is 28.7 Å².